The molecule has 0 radical (unpaired) electrons. The number of nitrogens with one attached hydrogen (secondary N) is 1. The van der Waals surface area contributed by atoms with Gasteiger partial charge in [-0.15, -0.1) is 0 Å². The Morgan fingerprint density at radius 2 is 1.52 bits per heavy atom. The van der Waals surface area contributed by atoms with E-state index < -0.39 is 17.5 Å². The summed E-state index contributed by atoms with van der Waals surface area (Å²) in [6.45, 7) is -0.350. The summed E-state index contributed by atoms with van der Waals surface area (Å²) in [5.41, 5.74) is 1.65. The second-order valence-corrected chi connectivity index (χ2v) is 7.63. The molecule has 0 fully saturated rings. The van der Waals surface area contributed by atoms with Crippen LogP contribution >= 0.6 is 23.2 Å². The Balaban J connectivity index is 1.80. The predicted molar refractivity (Wildman–Crippen MR) is 126 cm³/mol. The summed E-state index contributed by atoms with van der Waals surface area (Å²) < 4.78 is 9.79. The van der Waals surface area contributed by atoms with Gasteiger partial charge in [0.05, 0.1) is 23.4 Å². The smallest absolute Gasteiger partial charge is 0.343 e. The van der Waals surface area contributed by atoms with Gasteiger partial charge in [-0.25, -0.2) is 10.2 Å². The van der Waals surface area contributed by atoms with Crippen molar-refractivity contribution in [3.8, 4) is 5.75 Å². The number of rotatable bonds is 8. The van der Waals surface area contributed by atoms with Gasteiger partial charge < -0.3 is 14.6 Å². The van der Waals surface area contributed by atoms with E-state index in [2.05, 4.69) is 15.3 Å². The molecule has 2 N–H and O–H groups in total. The van der Waals surface area contributed by atoms with Crippen molar-refractivity contribution < 1.29 is 24.2 Å². The van der Waals surface area contributed by atoms with Crippen molar-refractivity contribution in [2.45, 2.75) is 5.60 Å². The molecule has 0 aromatic heterocycles. The molecule has 33 heavy (non-hydrogen) atoms. The van der Waals surface area contributed by atoms with E-state index >= 15 is 0 Å². The zero-order chi connectivity index (χ0) is 23.8. The Labute approximate surface area is 200 Å². The van der Waals surface area contributed by atoms with E-state index in [1.165, 1.54) is 25.5 Å². The SMILES string of the molecule is COC(=O)COc1c(Cl)cc(C=NNC(=O)C(O)(c2ccccc2)c2ccccc2)cc1Cl. The molecular formula is C24H20Cl2N2O5. The lowest BCUT2D eigenvalue weighted by Crippen LogP contribution is -2.43. The molecule has 0 heterocycles. The number of carbonyl (C=O) groups is 2. The lowest BCUT2D eigenvalue weighted by Gasteiger charge is -2.27. The number of hydrogen-bond donors (Lipinski definition) is 2. The quantitative estimate of drug-likeness (QED) is 0.285. The maximum Gasteiger partial charge on any atom is 0.343 e. The number of nitrogens with zero attached hydrogens (tertiary/aromatic N) is 1. The largest absolute Gasteiger partial charge is 0.479 e. The molecule has 0 aliphatic carbocycles. The third kappa shape index (κ3) is 5.70. The number of methoxy groups -OCH3 is 1. The van der Waals surface area contributed by atoms with Crippen LogP contribution in [0.5, 0.6) is 5.75 Å². The fraction of sp³-hybridized carbons (Fsp3) is 0.125. The average Bonchev–Trinajstić information content (AvgIpc) is 2.83. The number of carbonyl (C=O) groups excluding carboxylic acids is 2. The van der Waals surface area contributed by atoms with Crippen LogP contribution in [0.15, 0.2) is 77.9 Å². The summed E-state index contributed by atoms with van der Waals surface area (Å²) in [7, 11) is 1.24. The van der Waals surface area contributed by atoms with Crippen molar-refractivity contribution in [3.63, 3.8) is 0 Å². The van der Waals surface area contributed by atoms with Crippen LogP contribution < -0.4 is 10.2 Å². The summed E-state index contributed by atoms with van der Waals surface area (Å²) in [6.07, 6.45) is 1.32. The molecule has 3 aromatic carbocycles. The number of aliphatic hydroxyl groups is 1. The van der Waals surface area contributed by atoms with Crippen LogP contribution in [0.3, 0.4) is 0 Å². The maximum atomic E-state index is 13.0. The summed E-state index contributed by atoms with van der Waals surface area (Å²) in [5.74, 6) is -1.21. The molecule has 0 unspecified atom stereocenters. The normalized spacial score (nSPS) is 11.3. The van der Waals surface area contributed by atoms with Gasteiger partial charge in [-0.05, 0) is 28.8 Å². The second-order valence-electron chi connectivity index (χ2n) is 6.82. The van der Waals surface area contributed by atoms with E-state index in [1.807, 2.05) is 0 Å². The van der Waals surface area contributed by atoms with Crippen LogP contribution in [0.2, 0.25) is 10.0 Å². The minimum atomic E-state index is -1.96. The lowest BCUT2D eigenvalue weighted by molar-refractivity contribution is -0.143. The first-order valence-corrected chi connectivity index (χ1v) is 10.5. The first-order valence-electron chi connectivity index (χ1n) is 9.72. The van der Waals surface area contributed by atoms with E-state index in [4.69, 9.17) is 27.9 Å². The van der Waals surface area contributed by atoms with Gasteiger partial charge >= 0.3 is 5.97 Å². The van der Waals surface area contributed by atoms with Crippen molar-refractivity contribution in [2.75, 3.05) is 13.7 Å². The fourth-order valence-corrected chi connectivity index (χ4v) is 3.63. The van der Waals surface area contributed by atoms with Gasteiger partial charge in [0.25, 0.3) is 5.91 Å². The number of amides is 1. The van der Waals surface area contributed by atoms with Crippen LogP contribution in [0.4, 0.5) is 0 Å². The topological polar surface area (TPSA) is 97.2 Å². The highest BCUT2D eigenvalue weighted by atomic mass is 35.5. The summed E-state index contributed by atoms with van der Waals surface area (Å²) in [5, 5.41) is 15.6. The molecule has 3 rings (SSSR count). The molecule has 0 aliphatic rings. The first-order chi connectivity index (χ1) is 15.9. The fourth-order valence-electron chi connectivity index (χ4n) is 3.02. The highest BCUT2D eigenvalue weighted by molar-refractivity contribution is 6.37. The van der Waals surface area contributed by atoms with Crippen LogP contribution in [0, 0.1) is 0 Å². The molecule has 3 aromatic rings. The monoisotopic (exact) mass is 486 g/mol. The number of halogens is 2. The van der Waals surface area contributed by atoms with Gasteiger partial charge in [-0.2, -0.15) is 5.10 Å². The molecule has 0 atom stereocenters. The predicted octanol–water partition coefficient (Wildman–Crippen LogP) is 3.93. The Hall–Kier alpha value is -3.39. The summed E-state index contributed by atoms with van der Waals surface area (Å²) in [4.78, 5) is 24.3. The molecule has 1 amide bonds. The van der Waals surface area contributed by atoms with Gasteiger partial charge in [0, 0.05) is 0 Å². The number of ether oxygens (including phenoxy) is 2. The van der Waals surface area contributed by atoms with Crippen molar-refractivity contribution in [1.82, 2.24) is 5.43 Å². The van der Waals surface area contributed by atoms with Crippen molar-refractivity contribution in [3.05, 3.63) is 99.5 Å². The molecule has 0 saturated heterocycles. The van der Waals surface area contributed by atoms with Gasteiger partial charge in [-0.3, -0.25) is 4.79 Å². The van der Waals surface area contributed by atoms with Crippen LogP contribution in [-0.4, -0.2) is 36.9 Å². The van der Waals surface area contributed by atoms with E-state index in [-0.39, 0.29) is 22.4 Å². The minimum absolute atomic E-state index is 0.118. The van der Waals surface area contributed by atoms with Gasteiger partial charge in [0.1, 0.15) is 0 Å². The standard InChI is InChI=1S/C24H20Cl2N2O5/c1-32-21(29)15-33-22-19(25)12-16(13-20(22)26)14-27-28-23(30)24(31,17-8-4-2-5-9-17)18-10-6-3-7-11-18/h2-14,31H,15H2,1H3,(H,28,30). The van der Waals surface area contributed by atoms with E-state index in [0.717, 1.165) is 0 Å². The Morgan fingerprint density at radius 3 is 2.00 bits per heavy atom. The summed E-state index contributed by atoms with van der Waals surface area (Å²) >= 11 is 12.4. The first kappa shape index (κ1) is 24.3. The van der Waals surface area contributed by atoms with Gasteiger partial charge in [0.15, 0.2) is 18.0 Å². The van der Waals surface area contributed by atoms with Crippen LogP contribution in [0.25, 0.3) is 0 Å². The third-order valence-electron chi connectivity index (χ3n) is 4.67. The number of hydrogen-bond acceptors (Lipinski definition) is 6. The molecule has 0 saturated carbocycles. The minimum Gasteiger partial charge on any atom is -0.479 e. The van der Waals surface area contributed by atoms with Crippen molar-refractivity contribution in [1.29, 1.82) is 0 Å². The van der Waals surface area contributed by atoms with E-state index in [9.17, 15) is 14.7 Å². The zero-order valence-corrected chi connectivity index (χ0v) is 19.0. The molecule has 0 spiro atoms. The van der Waals surface area contributed by atoms with Crippen LogP contribution in [-0.2, 0) is 19.9 Å². The number of esters is 1. The maximum absolute atomic E-state index is 13.0. The Kier molecular flexibility index (Phi) is 8.06. The van der Waals surface area contributed by atoms with Gasteiger partial charge in [-0.1, -0.05) is 83.9 Å². The van der Waals surface area contributed by atoms with Crippen molar-refractivity contribution >= 4 is 41.3 Å². The van der Waals surface area contributed by atoms with Crippen molar-refractivity contribution in [2.24, 2.45) is 5.10 Å². The van der Waals surface area contributed by atoms with Crippen LogP contribution in [0.1, 0.15) is 16.7 Å². The molecule has 0 bridgehead atoms. The molecule has 9 heteroatoms. The molecule has 170 valence electrons. The average molecular weight is 487 g/mol. The molecular weight excluding hydrogens is 467 g/mol. The highest BCUT2D eigenvalue weighted by Gasteiger charge is 2.39. The third-order valence-corrected chi connectivity index (χ3v) is 5.24. The second kappa shape index (κ2) is 11.0. The van der Waals surface area contributed by atoms with Gasteiger partial charge in [0.2, 0.25) is 0 Å². The Bertz CT molecular complexity index is 1090. The number of hydrazone groups is 1. The molecule has 0 aliphatic heterocycles. The molecule has 7 nitrogen and oxygen atoms in total. The number of benzene rings is 3. The summed E-state index contributed by atoms with van der Waals surface area (Å²) in [6, 6.07) is 20.1. The Morgan fingerprint density at radius 1 is 1.00 bits per heavy atom. The zero-order valence-electron chi connectivity index (χ0n) is 17.5. The van der Waals surface area contributed by atoms with E-state index in [1.54, 1.807) is 60.7 Å². The lowest BCUT2D eigenvalue weighted by atomic mass is 9.85. The highest BCUT2D eigenvalue weighted by Crippen LogP contribution is 2.34. The van der Waals surface area contributed by atoms with E-state index in [0.29, 0.717) is 16.7 Å².